The van der Waals surface area contributed by atoms with Crippen LogP contribution in [0.3, 0.4) is 0 Å². The zero-order valence-electron chi connectivity index (χ0n) is 16.7. The fourth-order valence-corrected chi connectivity index (χ4v) is 4.07. The summed E-state index contributed by atoms with van der Waals surface area (Å²) >= 11 is 5.93. The maximum atomic E-state index is 13.3. The molecule has 2 fully saturated rings. The van der Waals surface area contributed by atoms with Gasteiger partial charge in [-0.3, -0.25) is 14.4 Å². The Labute approximate surface area is 180 Å². The molecule has 0 N–H and O–H groups in total. The lowest BCUT2D eigenvalue weighted by atomic mass is 10.1. The molecule has 156 valence electrons. The van der Waals surface area contributed by atoms with Gasteiger partial charge in [0.1, 0.15) is 6.04 Å². The fourth-order valence-electron chi connectivity index (χ4n) is 3.94. The smallest absolute Gasteiger partial charge is 0.257 e. The number of benzene rings is 2. The van der Waals surface area contributed by atoms with Gasteiger partial charge in [0.25, 0.3) is 11.8 Å². The molecule has 2 heterocycles. The van der Waals surface area contributed by atoms with Crippen molar-refractivity contribution in [3.05, 3.63) is 64.7 Å². The van der Waals surface area contributed by atoms with E-state index in [2.05, 4.69) is 0 Å². The average Bonchev–Trinajstić information content (AvgIpc) is 3.35. The molecule has 4 rings (SSSR count). The molecular formula is C23H23ClN2O4. The molecule has 2 aromatic carbocycles. The summed E-state index contributed by atoms with van der Waals surface area (Å²) in [5.74, 6) is -1.00. The minimum Gasteiger partial charge on any atom is -0.376 e. The summed E-state index contributed by atoms with van der Waals surface area (Å²) in [5.41, 5.74) is 1.99. The predicted molar refractivity (Wildman–Crippen MR) is 114 cm³/mol. The third kappa shape index (κ3) is 4.11. The summed E-state index contributed by atoms with van der Waals surface area (Å²) in [7, 11) is 0. The zero-order chi connectivity index (χ0) is 21.3. The van der Waals surface area contributed by atoms with Crippen LogP contribution in [0, 0.1) is 6.92 Å². The minimum absolute atomic E-state index is 0.0498. The summed E-state index contributed by atoms with van der Waals surface area (Å²) in [4.78, 5) is 42.0. The van der Waals surface area contributed by atoms with Crippen LogP contribution >= 0.6 is 11.6 Å². The van der Waals surface area contributed by atoms with Crippen LogP contribution in [-0.4, -0.2) is 47.9 Å². The molecule has 0 aromatic heterocycles. The van der Waals surface area contributed by atoms with Gasteiger partial charge in [0.05, 0.1) is 18.2 Å². The van der Waals surface area contributed by atoms with Crippen LogP contribution in [-0.2, 0) is 14.3 Å². The van der Waals surface area contributed by atoms with Crippen molar-refractivity contribution < 1.29 is 19.1 Å². The van der Waals surface area contributed by atoms with Gasteiger partial charge in [0.2, 0.25) is 5.91 Å². The Morgan fingerprint density at radius 2 is 1.83 bits per heavy atom. The van der Waals surface area contributed by atoms with Crippen molar-refractivity contribution in [3.63, 3.8) is 0 Å². The molecule has 2 saturated heterocycles. The number of nitrogens with zero attached hydrogens (tertiary/aromatic N) is 2. The molecule has 0 spiro atoms. The van der Waals surface area contributed by atoms with E-state index in [4.69, 9.17) is 16.3 Å². The Morgan fingerprint density at radius 1 is 1.13 bits per heavy atom. The predicted octanol–water partition coefficient (Wildman–Crippen LogP) is 3.60. The van der Waals surface area contributed by atoms with E-state index < -0.39 is 11.9 Å². The van der Waals surface area contributed by atoms with Gasteiger partial charge in [-0.05, 0) is 56.2 Å². The molecule has 0 aliphatic carbocycles. The molecule has 30 heavy (non-hydrogen) atoms. The number of imide groups is 1. The normalized spacial score (nSPS) is 21.3. The second kappa shape index (κ2) is 8.58. The van der Waals surface area contributed by atoms with E-state index >= 15 is 0 Å². The Balaban J connectivity index is 1.63. The number of carbonyl (C=O) groups is 3. The van der Waals surface area contributed by atoms with Crippen LogP contribution in [0.2, 0.25) is 5.02 Å². The van der Waals surface area contributed by atoms with E-state index in [1.165, 1.54) is 4.90 Å². The monoisotopic (exact) mass is 426 g/mol. The van der Waals surface area contributed by atoms with E-state index in [0.717, 1.165) is 23.3 Å². The summed E-state index contributed by atoms with van der Waals surface area (Å²) in [6.07, 6.45) is 1.57. The number of ether oxygens (including phenoxy) is 1. The SMILES string of the molecule is Cc1ccc(C(=O)N(CC2CCCO2)C2CC(=O)N(c3ccc(Cl)cc3)C2=O)cc1. The van der Waals surface area contributed by atoms with Crippen LogP contribution in [0.15, 0.2) is 48.5 Å². The van der Waals surface area contributed by atoms with E-state index in [9.17, 15) is 14.4 Å². The van der Waals surface area contributed by atoms with Crippen LogP contribution in [0.4, 0.5) is 5.69 Å². The van der Waals surface area contributed by atoms with Crippen molar-refractivity contribution in [2.45, 2.75) is 38.3 Å². The van der Waals surface area contributed by atoms with E-state index in [0.29, 0.717) is 22.9 Å². The van der Waals surface area contributed by atoms with E-state index in [1.807, 2.05) is 19.1 Å². The fraction of sp³-hybridized carbons (Fsp3) is 0.348. The molecule has 0 radical (unpaired) electrons. The van der Waals surface area contributed by atoms with Crippen molar-refractivity contribution in [1.29, 1.82) is 0 Å². The van der Waals surface area contributed by atoms with Crippen molar-refractivity contribution in [2.24, 2.45) is 0 Å². The highest BCUT2D eigenvalue weighted by molar-refractivity contribution is 6.31. The molecule has 7 heteroatoms. The lowest BCUT2D eigenvalue weighted by Crippen LogP contribution is -2.48. The van der Waals surface area contributed by atoms with Gasteiger partial charge < -0.3 is 9.64 Å². The number of rotatable bonds is 5. The molecule has 2 aliphatic heterocycles. The Kier molecular flexibility index (Phi) is 5.88. The lowest BCUT2D eigenvalue weighted by Gasteiger charge is -2.30. The highest BCUT2D eigenvalue weighted by Crippen LogP contribution is 2.29. The van der Waals surface area contributed by atoms with Crippen LogP contribution in [0.5, 0.6) is 0 Å². The second-order valence-corrected chi connectivity index (χ2v) is 8.16. The lowest BCUT2D eigenvalue weighted by molar-refractivity contribution is -0.122. The number of aryl methyl sites for hydroxylation is 1. The molecule has 0 saturated carbocycles. The summed E-state index contributed by atoms with van der Waals surface area (Å²) in [6.45, 7) is 2.87. The van der Waals surface area contributed by atoms with Gasteiger partial charge in [-0.2, -0.15) is 0 Å². The summed E-state index contributed by atoms with van der Waals surface area (Å²) in [5, 5.41) is 0.518. The van der Waals surface area contributed by atoms with Crippen molar-refractivity contribution in [1.82, 2.24) is 4.90 Å². The van der Waals surface area contributed by atoms with Gasteiger partial charge >= 0.3 is 0 Å². The van der Waals surface area contributed by atoms with Crippen LogP contribution < -0.4 is 4.90 Å². The van der Waals surface area contributed by atoms with Crippen LogP contribution in [0.1, 0.15) is 35.2 Å². The maximum Gasteiger partial charge on any atom is 0.257 e. The first kappa shape index (κ1) is 20.6. The molecule has 2 aliphatic rings. The number of carbonyl (C=O) groups excluding carboxylic acids is 3. The molecule has 2 aromatic rings. The molecule has 3 amide bonds. The van der Waals surface area contributed by atoms with Gasteiger partial charge in [-0.1, -0.05) is 29.3 Å². The number of amides is 3. The molecule has 2 atom stereocenters. The zero-order valence-corrected chi connectivity index (χ0v) is 17.5. The van der Waals surface area contributed by atoms with Gasteiger partial charge in [-0.25, -0.2) is 4.90 Å². The number of hydrogen-bond acceptors (Lipinski definition) is 4. The Bertz CT molecular complexity index is 952. The number of halogens is 1. The molecular weight excluding hydrogens is 404 g/mol. The van der Waals surface area contributed by atoms with E-state index in [1.54, 1.807) is 36.4 Å². The first-order valence-corrected chi connectivity index (χ1v) is 10.4. The largest absolute Gasteiger partial charge is 0.376 e. The summed E-state index contributed by atoms with van der Waals surface area (Å²) < 4.78 is 5.72. The van der Waals surface area contributed by atoms with E-state index in [-0.39, 0.29) is 30.9 Å². The molecule has 2 unspecified atom stereocenters. The Morgan fingerprint density at radius 3 is 2.47 bits per heavy atom. The Hall–Kier alpha value is -2.70. The quantitative estimate of drug-likeness (QED) is 0.685. The van der Waals surface area contributed by atoms with Crippen molar-refractivity contribution >= 4 is 35.0 Å². The standard InChI is InChI=1S/C23H23ClN2O4/c1-15-4-6-16(7-5-15)22(28)25(14-19-3-2-12-30-19)20-13-21(27)26(23(20)29)18-10-8-17(24)9-11-18/h4-11,19-20H,2-3,12-14H2,1H3. The van der Waals surface area contributed by atoms with Gasteiger partial charge in [0, 0.05) is 23.7 Å². The highest BCUT2D eigenvalue weighted by Gasteiger charge is 2.45. The first-order chi connectivity index (χ1) is 14.4. The van der Waals surface area contributed by atoms with Crippen LogP contribution in [0.25, 0.3) is 0 Å². The average molecular weight is 427 g/mol. The van der Waals surface area contributed by atoms with Gasteiger partial charge in [0.15, 0.2) is 0 Å². The second-order valence-electron chi connectivity index (χ2n) is 7.72. The minimum atomic E-state index is -0.855. The maximum absolute atomic E-state index is 13.3. The summed E-state index contributed by atoms with van der Waals surface area (Å²) in [6, 6.07) is 12.9. The number of hydrogen-bond donors (Lipinski definition) is 0. The third-order valence-electron chi connectivity index (χ3n) is 5.57. The molecule has 6 nitrogen and oxygen atoms in total. The highest BCUT2D eigenvalue weighted by atomic mass is 35.5. The van der Waals surface area contributed by atoms with Crippen molar-refractivity contribution in [3.8, 4) is 0 Å². The number of anilines is 1. The third-order valence-corrected chi connectivity index (χ3v) is 5.82. The van der Waals surface area contributed by atoms with Gasteiger partial charge in [-0.15, -0.1) is 0 Å². The first-order valence-electron chi connectivity index (χ1n) is 10.1. The topological polar surface area (TPSA) is 66.9 Å². The molecule has 0 bridgehead atoms. The van der Waals surface area contributed by atoms with Crippen molar-refractivity contribution in [2.75, 3.05) is 18.1 Å².